The molecule has 0 heterocycles. The van der Waals surface area contributed by atoms with Gasteiger partial charge in [0.2, 0.25) is 0 Å². The highest BCUT2D eigenvalue weighted by molar-refractivity contribution is 6.22. The topological polar surface area (TPSA) is 0 Å². The molecule has 0 unspecified atom stereocenters. The van der Waals surface area contributed by atoms with Gasteiger partial charge in [-0.15, -0.1) is 0 Å². The van der Waals surface area contributed by atoms with Crippen molar-refractivity contribution in [1.29, 1.82) is 0 Å². The smallest absolute Gasteiger partial charge is 0.000776 e. The van der Waals surface area contributed by atoms with E-state index in [1.807, 2.05) is 0 Å². The summed E-state index contributed by atoms with van der Waals surface area (Å²) in [5, 5.41) is 2.78. The minimum Gasteiger partial charge on any atom is -0.0836 e. The summed E-state index contributed by atoms with van der Waals surface area (Å²) >= 11 is 0. The third kappa shape index (κ3) is 4.06. The van der Waals surface area contributed by atoms with Crippen molar-refractivity contribution in [2.24, 2.45) is 0 Å². The Morgan fingerprint density at radius 3 is 2.18 bits per heavy atom. The van der Waals surface area contributed by atoms with Crippen molar-refractivity contribution in [2.75, 3.05) is 0 Å². The SMILES string of the molecule is Cc1ccccc1-c1ccccc1Cc1ccc2c3c(cccc13)-c1c(C3=CC=CC3)c3c(c(-c4ccccc4)c1-2)C=CCC3. The molecule has 0 atom stereocenters. The van der Waals surface area contributed by atoms with Crippen molar-refractivity contribution in [1.82, 2.24) is 0 Å². The predicted octanol–water partition coefficient (Wildman–Crippen LogP) is 12.0. The molecule has 0 amide bonds. The van der Waals surface area contributed by atoms with E-state index in [1.54, 1.807) is 0 Å². The molecule has 0 aromatic heterocycles. The van der Waals surface area contributed by atoms with Crippen molar-refractivity contribution in [3.63, 3.8) is 0 Å². The van der Waals surface area contributed by atoms with Crippen molar-refractivity contribution in [2.45, 2.75) is 32.6 Å². The van der Waals surface area contributed by atoms with Crippen molar-refractivity contribution in [3.8, 4) is 44.5 Å². The zero-order valence-electron chi connectivity index (χ0n) is 25.6. The van der Waals surface area contributed by atoms with Gasteiger partial charge in [0.1, 0.15) is 0 Å². The largest absolute Gasteiger partial charge is 0.0836 e. The fourth-order valence-electron chi connectivity index (χ4n) is 8.18. The van der Waals surface area contributed by atoms with Crippen LogP contribution in [0.5, 0.6) is 0 Å². The summed E-state index contributed by atoms with van der Waals surface area (Å²) in [5.74, 6) is 0. The Bertz CT molecular complexity index is 2250. The normalized spacial score (nSPS) is 14.1. The second-order valence-electron chi connectivity index (χ2n) is 12.7. The lowest BCUT2D eigenvalue weighted by atomic mass is 9.77. The molecular formula is C45H34. The van der Waals surface area contributed by atoms with Crippen LogP contribution in [0.15, 0.2) is 133 Å². The highest BCUT2D eigenvalue weighted by Gasteiger charge is 2.33. The van der Waals surface area contributed by atoms with Gasteiger partial charge in [-0.1, -0.05) is 140 Å². The molecule has 3 aliphatic rings. The predicted molar refractivity (Wildman–Crippen MR) is 192 cm³/mol. The standard InChI is InChI=1S/C45H34/c1-29-14-5-9-20-34(29)35-21-10-8-19-32(35)28-33-26-27-40-43-36(33)24-13-25-39(43)44-41(31-17-6-7-18-31)37-22-11-12-23-38(37)42(45(40)44)30-15-3-2-4-16-30/h2-10,12-17,19-21,23-27H,11,18,22,28H2,1H3. The molecule has 0 saturated heterocycles. The Morgan fingerprint density at radius 2 is 1.33 bits per heavy atom. The maximum Gasteiger partial charge on any atom is -0.000776 e. The number of aryl methyl sites for hydroxylation is 1. The molecule has 45 heavy (non-hydrogen) atoms. The molecule has 9 rings (SSSR count). The maximum atomic E-state index is 2.43. The van der Waals surface area contributed by atoms with Crippen LogP contribution in [0.4, 0.5) is 0 Å². The Balaban J connectivity index is 1.31. The lowest BCUT2D eigenvalue weighted by molar-refractivity contribution is 0.981. The van der Waals surface area contributed by atoms with E-state index in [0.29, 0.717) is 0 Å². The van der Waals surface area contributed by atoms with E-state index in [4.69, 9.17) is 0 Å². The summed E-state index contributed by atoms with van der Waals surface area (Å²) in [6.07, 6.45) is 15.8. The van der Waals surface area contributed by atoms with Crippen LogP contribution in [0.2, 0.25) is 0 Å². The van der Waals surface area contributed by atoms with Crippen molar-refractivity contribution in [3.05, 3.63) is 167 Å². The molecule has 0 spiro atoms. The van der Waals surface area contributed by atoms with E-state index in [9.17, 15) is 0 Å². The first-order chi connectivity index (χ1) is 22.3. The molecule has 0 fully saturated rings. The molecular weight excluding hydrogens is 540 g/mol. The quantitative estimate of drug-likeness (QED) is 0.192. The van der Waals surface area contributed by atoms with E-state index >= 15 is 0 Å². The summed E-state index contributed by atoms with van der Waals surface area (Å²) in [4.78, 5) is 0. The zero-order chi connectivity index (χ0) is 29.9. The molecule has 6 aromatic rings. The van der Waals surface area contributed by atoms with Gasteiger partial charge in [0, 0.05) is 0 Å². The number of hydrogen-bond donors (Lipinski definition) is 0. The third-order valence-corrected chi connectivity index (χ3v) is 10.1. The number of rotatable bonds is 5. The summed E-state index contributed by atoms with van der Waals surface area (Å²) in [6, 6.07) is 40.7. The molecule has 0 radical (unpaired) electrons. The van der Waals surface area contributed by atoms with Gasteiger partial charge in [-0.3, -0.25) is 0 Å². The van der Waals surface area contributed by atoms with E-state index in [-0.39, 0.29) is 0 Å². The number of allylic oxidation sites excluding steroid dienone is 5. The monoisotopic (exact) mass is 574 g/mol. The highest BCUT2D eigenvalue weighted by atomic mass is 14.4. The van der Waals surface area contributed by atoms with Gasteiger partial charge < -0.3 is 0 Å². The Hall–Kier alpha value is -5.20. The molecule has 3 aliphatic carbocycles. The molecule has 0 saturated carbocycles. The van der Waals surface area contributed by atoms with Crippen LogP contribution in [-0.4, -0.2) is 0 Å². The van der Waals surface area contributed by atoms with E-state index in [1.165, 1.54) is 94.2 Å². The zero-order valence-corrected chi connectivity index (χ0v) is 25.6. The van der Waals surface area contributed by atoms with Crippen LogP contribution in [0, 0.1) is 6.92 Å². The van der Waals surface area contributed by atoms with Gasteiger partial charge in [0.25, 0.3) is 0 Å². The minimum absolute atomic E-state index is 0.897. The number of benzene rings is 6. The first-order valence-electron chi connectivity index (χ1n) is 16.3. The van der Waals surface area contributed by atoms with Crippen LogP contribution >= 0.6 is 0 Å². The second kappa shape index (κ2) is 10.5. The fraction of sp³-hybridized carbons (Fsp3) is 0.111. The average Bonchev–Trinajstić information content (AvgIpc) is 3.74. The van der Waals surface area contributed by atoms with Crippen LogP contribution in [0.25, 0.3) is 66.9 Å². The molecule has 0 nitrogen and oxygen atoms in total. The fourth-order valence-corrected chi connectivity index (χ4v) is 8.18. The maximum absolute atomic E-state index is 2.43. The van der Waals surface area contributed by atoms with Gasteiger partial charge >= 0.3 is 0 Å². The highest BCUT2D eigenvalue weighted by Crippen LogP contribution is 2.57. The van der Waals surface area contributed by atoms with Gasteiger partial charge in [-0.05, 0) is 127 Å². The van der Waals surface area contributed by atoms with E-state index in [0.717, 1.165) is 25.7 Å². The lowest BCUT2D eigenvalue weighted by Crippen LogP contribution is -2.06. The van der Waals surface area contributed by atoms with Crippen molar-refractivity contribution < 1.29 is 0 Å². The summed E-state index contributed by atoms with van der Waals surface area (Å²) in [5.41, 5.74) is 20.9. The van der Waals surface area contributed by atoms with Crippen LogP contribution < -0.4 is 0 Å². The first-order valence-corrected chi connectivity index (χ1v) is 16.3. The van der Waals surface area contributed by atoms with Crippen LogP contribution in [-0.2, 0) is 12.8 Å². The molecule has 0 aliphatic heterocycles. The second-order valence-corrected chi connectivity index (χ2v) is 12.7. The van der Waals surface area contributed by atoms with Crippen LogP contribution in [0.1, 0.15) is 46.2 Å². The Labute approximate surface area is 265 Å². The summed E-state index contributed by atoms with van der Waals surface area (Å²) in [6.45, 7) is 2.22. The lowest BCUT2D eigenvalue weighted by Gasteiger charge is -2.26. The Morgan fingerprint density at radius 1 is 0.578 bits per heavy atom. The molecule has 6 aromatic carbocycles. The van der Waals surface area contributed by atoms with Crippen molar-refractivity contribution >= 4 is 22.4 Å². The molecule has 214 valence electrons. The van der Waals surface area contributed by atoms with Gasteiger partial charge in [-0.25, -0.2) is 0 Å². The molecule has 0 bridgehead atoms. The van der Waals surface area contributed by atoms with E-state index < -0.39 is 0 Å². The Kier molecular flexibility index (Phi) is 6.10. The average molecular weight is 575 g/mol. The minimum atomic E-state index is 0.897. The van der Waals surface area contributed by atoms with Gasteiger partial charge in [0.15, 0.2) is 0 Å². The molecule has 0 N–H and O–H groups in total. The van der Waals surface area contributed by atoms with Gasteiger partial charge in [-0.2, -0.15) is 0 Å². The number of hydrogen-bond acceptors (Lipinski definition) is 0. The third-order valence-electron chi connectivity index (χ3n) is 10.1. The number of fused-ring (bicyclic) bond motifs is 4. The summed E-state index contributed by atoms with van der Waals surface area (Å²) in [7, 11) is 0. The summed E-state index contributed by atoms with van der Waals surface area (Å²) < 4.78 is 0. The van der Waals surface area contributed by atoms with Crippen LogP contribution in [0.3, 0.4) is 0 Å². The first kappa shape index (κ1) is 26.2. The molecule has 0 heteroatoms. The van der Waals surface area contributed by atoms with Gasteiger partial charge in [0.05, 0.1) is 0 Å². The van der Waals surface area contributed by atoms with E-state index in [2.05, 4.69) is 146 Å².